The van der Waals surface area contributed by atoms with Crippen LogP contribution < -0.4 is 9.64 Å². The zero-order chi connectivity index (χ0) is 16.5. The van der Waals surface area contributed by atoms with Crippen molar-refractivity contribution in [3.8, 4) is 11.7 Å². The van der Waals surface area contributed by atoms with Gasteiger partial charge in [0.15, 0.2) is 0 Å². The molecule has 0 amide bonds. The summed E-state index contributed by atoms with van der Waals surface area (Å²) >= 11 is 0. The lowest BCUT2D eigenvalue weighted by molar-refractivity contribution is 0.413. The molecule has 0 fully saturated rings. The number of ether oxygens (including phenoxy) is 1. The maximum atomic E-state index is 5.35. The van der Waals surface area contributed by atoms with E-state index in [9.17, 15) is 0 Å². The van der Waals surface area contributed by atoms with Gasteiger partial charge in [0.05, 0.1) is 25.2 Å². The van der Waals surface area contributed by atoms with Crippen LogP contribution in [-0.4, -0.2) is 43.6 Å². The molecule has 0 aromatic carbocycles. The van der Waals surface area contributed by atoms with E-state index in [1.165, 1.54) is 0 Å². The van der Waals surface area contributed by atoms with Crippen LogP contribution in [0.1, 0.15) is 17.0 Å². The van der Waals surface area contributed by atoms with Gasteiger partial charge in [-0.1, -0.05) is 5.21 Å². The standard InChI is InChI=1S/C16H17N7O/c1-11-7-13(24-2)8-15(19-11)22-5-3-14-12(10-22)9-17-16(20-14)23-6-4-18-21-23/h4,6-9H,3,5,10H2,1-2H3. The normalized spacial score (nSPS) is 13.7. The quantitative estimate of drug-likeness (QED) is 0.719. The molecule has 1 aliphatic rings. The minimum Gasteiger partial charge on any atom is -0.497 e. The fourth-order valence-electron chi connectivity index (χ4n) is 2.83. The fourth-order valence-corrected chi connectivity index (χ4v) is 2.83. The predicted octanol–water partition coefficient (Wildman–Crippen LogP) is 1.33. The number of aryl methyl sites for hydroxylation is 1. The Bertz CT molecular complexity index is 863. The molecule has 1 aliphatic heterocycles. The second-order valence-corrected chi connectivity index (χ2v) is 5.67. The molecular weight excluding hydrogens is 306 g/mol. The first-order chi connectivity index (χ1) is 11.7. The third-order valence-electron chi connectivity index (χ3n) is 4.02. The fraction of sp³-hybridized carbons (Fsp3) is 0.312. The summed E-state index contributed by atoms with van der Waals surface area (Å²) in [4.78, 5) is 15.8. The van der Waals surface area contributed by atoms with Crippen LogP contribution in [0.4, 0.5) is 5.82 Å². The zero-order valence-electron chi connectivity index (χ0n) is 13.5. The van der Waals surface area contributed by atoms with E-state index in [0.717, 1.165) is 48.0 Å². The van der Waals surface area contributed by atoms with E-state index in [4.69, 9.17) is 4.74 Å². The van der Waals surface area contributed by atoms with Crippen molar-refractivity contribution in [2.75, 3.05) is 18.6 Å². The summed E-state index contributed by atoms with van der Waals surface area (Å²) in [6, 6.07) is 3.89. The Morgan fingerprint density at radius 1 is 1.21 bits per heavy atom. The third-order valence-corrected chi connectivity index (χ3v) is 4.02. The first kappa shape index (κ1) is 14.6. The molecule has 0 saturated carbocycles. The number of hydrogen-bond donors (Lipinski definition) is 0. The lowest BCUT2D eigenvalue weighted by Crippen LogP contribution is -2.32. The Morgan fingerprint density at radius 3 is 2.92 bits per heavy atom. The van der Waals surface area contributed by atoms with Gasteiger partial charge in [-0.3, -0.25) is 0 Å². The maximum absolute atomic E-state index is 5.35. The lowest BCUT2D eigenvalue weighted by atomic mass is 10.1. The molecular formula is C16H17N7O. The Labute approximate surface area is 139 Å². The molecule has 0 bridgehead atoms. The van der Waals surface area contributed by atoms with Gasteiger partial charge in [-0.2, -0.15) is 4.68 Å². The Hall–Kier alpha value is -3.03. The minimum atomic E-state index is 0.551. The molecule has 0 saturated heterocycles. The Kier molecular flexibility index (Phi) is 3.56. The molecule has 24 heavy (non-hydrogen) atoms. The summed E-state index contributed by atoms with van der Waals surface area (Å²) < 4.78 is 6.92. The number of methoxy groups -OCH3 is 1. The van der Waals surface area contributed by atoms with Crippen molar-refractivity contribution in [1.29, 1.82) is 0 Å². The van der Waals surface area contributed by atoms with Crippen LogP contribution >= 0.6 is 0 Å². The summed E-state index contributed by atoms with van der Waals surface area (Å²) in [6.45, 7) is 3.55. The molecule has 0 atom stereocenters. The molecule has 4 heterocycles. The van der Waals surface area contributed by atoms with E-state index in [2.05, 4.69) is 30.2 Å². The molecule has 3 aromatic heterocycles. The van der Waals surface area contributed by atoms with E-state index >= 15 is 0 Å². The van der Waals surface area contributed by atoms with E-state index in [1.54, 1.807) is 24.2 Å². The SMILES string of the molecule is COc1cc(C)nc(N2CCc3nc(-n4ccnn4)ncc3C2)c1. The average Bonchev–Trinajstić information content (AvgIpc) is 3.15. The third kappa shape index (κ3) is 2.66. The molecule has 8 nitrogen and oxygen atoms in total. The van der Waals surface area contributed by atoms with Gasteiger partial charge in [0.1, 0.15) is 11.6 Å². The molecule has 8 heteroatoms. The van der Waals surface area contributed by atoms with Crippen LogP contribution in [-0.2, 0) is 13.0 Å². The molecule has 0 spiro atoms. The summed E-state index contributed by atoms with van der Waals surface area (Å²) in [5.74, 6) is 2.29. The molecule has 0 unspecified atom stereocenters. The molecule has 0 aliphatic carbocycles. The number of anilines is 1. The molecule has 4 rings (SSSR count). The molecule has 122 valence electrons. The number of aromatic nitrogens is 6. The van der Waals surface area contributed by atoms with Crippen molar-refractivity contribution < 1.29 is 4.74 Å². The topological polar surface area (TPSA) is 81.9 Å². The lowest BCUT2D eigenvalue weighted by Gasteiger charge is -2.29. The highest BCUT2D eigenvalue weighted by molar-refractivity contribution is 5.47. The van der Waals surface area contributed by atoms with Crippen molar-refractivity contribution in [3.05, 3.63) is 47.7 Å². The zero-order valence-corrected chi connectivity index (χ0v) is 13.5. The highest BCUT2D eigenvalue weighted by Crippen LogP contribution is 2.25. The summed E-state index contributed by atoms with van der Waals surface area (Å²) in [5, 5.41) is 7.73. The van der Waals surface area contributed by atoms with Crippen molar-refractivity contribution in [3.63, 3.8) is 0 Å². The van der Waals surface area contributed by atoms with E-state index in [0.29, 0.717) is 5.95 Å². The van der Waals surface area contributed by atoms with Gasteiger partial charge in [-0.05, 0) is 6.92 Å². The van der Waals surface area contributed by atoms with Crippen molar-refractivity contribution >= 4 is 5.82 Å². The number of hydrogen-bond acceptors (Lipinski definition) is 7. The number of pyridine rings is 1. The first-order valence-corrected chi connectivity index (χ1v) is 7.72. The van der Waals surface area contributed by atoms with Crippen molar-refractivity contribution in [2.24, 2.45) is 0 Å². The van der Waals surface area contributed by atoms with Gasteiger partial charge >= 0.3 is 0 Å². The van der Waals surface area contributed by atoms with Crippen LogP contribution in [0.3, 0.4) is 0 Å². The Morgan fingerprint density at radius 2 is 2.12 bits per heavy atom. The van der Waals surface area contributed by atoms with Crippen LogP contribution in [0.2, 0.25) is 0 Å². The molecule has 0 radical (unpaired) electrons. The van der Waals surface area contributed by atoms with E-state index < -0.39 is 0 Å². The van der Waals surface area contributed by atoms with E-state index in [-0.39, 0.29) is 0 Å². The van der Waals surface area contributed by atoms with Crippen LogP contribution in [0, 0.1) is 6.92 Å². The average molecular weight is 323 g/mol. The Balaban J connectivity index is 1.61. The van der Waals surface area contributed by atoms with Crippen LogP contribution in [0.25, 0.3) is 5.95 Å². The van der Waals surface area contributed by atoms with Crippen molar-refractivity contribution in [1.82, 2.24) is 29.9 Å². The van der Waals surface area contributed by atoms with Crippen LogP contribution in [0.15, 0.2) is 30.7 Å². The smallest absolute Gasteiger partial charge is 0.252 e. The van der Waals surface area contributed by atoms with Gasteiger partial charge < -0.3 is 9.64 Å². The van der Waals surface area contributed by atoms with Crippen molar-refractivity contribution in [2.45, 2.75) is 19.9 Å². The summed E-state index contributed by atoms with van der Waals surface area (Å²) in [5.41, 5.74) is 3.09. The number of nitrogens with zero attached hydrogens (tertiary/aromatic N) is 7. The number of rotatable bonds is 3. The van der Waals surface area contributed by atoms with Crippen LogP contribution in [0.5, 0.6) is 5.75 Å². The first-order valence-electron chi connectivity index (χ1n) is 7.72. The molecule has 3 aromatic rings. The molecule has 0 N–H and O–H groups in total. The maximum Gasteiger partial charge on any atom is 0.252 e. The van der Waals surface area contributed by atoms with Gasteiger partial charge in [-0.25, -0.2) is 15.0 Å². The second-order valence-electron chi connectivity index (χ2n) is 5.67. The van der Waals surface area contributed by atoms with Gasteiger partial charge in [0.2, 0.25) is 0 Å². The summed E-state index contributed by atoms with van der Waals surface area (Å²) in [7, 11) is 1.67. The second kappa shape index (κ2) is 5.88. The monoisotopic (exact) mass is 323 g/mol. The van der Waals surface area contributed by atoms with E-state index in [1.807, 2.05) is 25.3 Å². The van der Waals surface area contributed by atoms with Gasteiger partial charge in [-0.15, -0.1) is 5.10 Å². The predicted molar refractivity (Wildman–Crippen MR) is 87.2 cm³/mol. The minimum absolute atomic E-state index is 0.551. The highest BCUT2D eigenvalue weighted by atomic mass is 16.5. The van der Waals surface area contributed by atoms with Gasteiger partial charge in [0.25, 0.3) is 5.95 Å². The largest absolute Gasteiger partial charge is 0.497 e. The highest BCUT2D eigenvalue weighted by Gasteiger charge is 2.20. The van der Waals surface area contributed by atoms with Gasteiger partial charge in [0, 0.05) is 49.1 Å². The number of fused-ring (bicyclic) bond motifs is 1. The summed E-state index contributed by atoms with van der Waals surface area (Å²) in [6.07, 6.45) is 6.04.